The van der Waals surface area contributed by atoms with Crippen LogP contribution in [0.5, 0.6) is 11.8 Å². The first-order valence-electron chi connectivity index (χ1n) is 4.78. The Morgan fingerprint density at radius 3 is 2.71 bits per heavy atom. The fourth-order valence-corrected chi connectivity index (χ4v) is 1.42. The van der Waals surface area contributed by atoms with Crippen molar-refractivity contribution in [2.75, 3.05) is 0 Å². The summed E-state index contributed by atoms with van der Waals surface area (Å²) in [5, 5.41) is 4.01. The molecule has 2 heterocycles. The monoisotopic (exact) mass is 252 g/mol. The van der Waals surface area contributed by atoms with Crippen molar-refractivity contribution in [1.82, 2.24) is 19.7 Å². The van der Waals surface area contributed by atoms with E-state index in [1.165, 1.54) is 23.9 Å². The lowest BCUT2D eigenvalue weighted by atomic mass is 10.4. The van der Waals surface area contributed by atoms with E-state index < -0.39 is 0 Å². The van der Waals surface area contributed by atoms with Crippen LogP contribution < -0.4 is 10.3 Å². The number of ether oxygens (including phenoxy) is 1. The van der Waals surface area contributed by atoms with E-state index in [-0.39, 0.29) is 22.6 Å². The Balaban J connectivity index is 2.31. The number of halogens is 1. The van der Waals surface area contributed by atoms with Crippen molar-refractivity contribution in [2.45, 2.75) is 6.92 Å². The van der Waals surface area contributed by atoms with Crippen LogP contribution in [0.15, 0.2) is 23.0 Å². The van der Waals surface area contributed by atoms with Crippen LogP contribution >= 0.6 is 11.6 Å². The first-order chi connectivity index (χ1) is 8.04. The molecule has 0 atom stereocenters. The van der Waals surface area contributed by atoms with Gasteiger partial charge in [0.1, 0.15) is 0 Å². The molecule has 0 fully saturated rings. The molecule has 0 amide bonds. The molecule has 0 aliphatic heterocycles. The van der Waals surface area contributed by atoms with E-state index in [4.69, 9.17) is 16.3 Å². The molecule has 0 aliphatic carbocycles. The van der Waals surface area contributed by atoms with Gasteiger partial charge in [0.25, 0.3) is 5.56 Å². The van der Waals surface area contributed by atoms with Gasteiger partial charge in [-0.3, -0.25) is 4.79 Å². The van der Waals surface area contributed by atoms with Crippen LogP contribution in [0.4, 0.5) is 0 Å². The highest BCUT2D eigenvalue weighted by Crippen LogP contribution is 2.17. The molecule has 0 radical (unpaired) electrons. The second kappa shape index (κ2) is 4.50. The summed E-state index contributed by atoms with van der Waals surface area (Å²) in [4.78, 5) is 18.9. The van der Waals surface area contributed by atoms with Crippen molar-refractivity contribution < 1.29 is 4.74 Å². The highest BCUT2D eigenvalue weighted by Gasteiger charge is 2.04. The zero-order valence-corrected chi connectivity index (χ0v) is 9.97. The highest BCUT2D eigenvalue weighted by atomic mass is 35.5. The van der Waals surface area contributed by atoms with Gasteiger partial charge < -0.3 is 4.74 Å². The number of rotatable bonds is 2. The van der Waals surface area contributed by atoms with Gasteiger partial charge in [-0.25, -0.2) is 9.67 Å². The SMILES string of the molecule is Cc1cc(Oc2ccc(=O)n(C)n2)nc(Cl)n1. The van der Waals surface area contributed by atoms with Gasteiger partial charge in [-0.15, -0.1) is 5.10 Å². The Morgan fingerprint density at radius 2 is 2.06 bits per heavy atom. The van der Waals surface area contributed by atoms with Gasteiger partial charge >= 0.3 is 0 Å². The van der Waals surface area contributed by atoms with Gasteiger partial charge in [-0.05, 0) is 18.5 Å². The molecule has 2 aromatic rings. The van der Waals surface area contributed by atoms with Gasteiger partial charge in [-0.2, -0.15) is 4.98 Å². The third kappa shape index (κ3) is 2.79. The molecule has 0 bridgehead atoms. The van der Waals surface area contributed by atoms with Gasteiger partial charge in [0.15, 0.2) is 0 Å². The molecule has 17 heavy (non-hydrogen) atoms. The van der Waals surface area contributed by atoms with Gasteiger partial charge in [-0.1, -0.05) is 0 Å². The number of nitrogens with zero attached hydrogens (tertiary/aromatic N) is 4. The van der Waals surface area contributed by atoms with E-state index >= 15 is 0 Å². The van der Waals surface area contributed by atoms with Gasteiger partial charge in [0.2, 0.25) is 17.0 Å². The molecule has 2 aromatic heterocycles. The summed E-state index contributed by atoms with van der Waals surface area (Å²) in [6, 6.07) is 4.45. The Hall–Kier alpha value is -1.95. The third-order valence-electron chi connectivity index (χ3n) is 1.95. The lowest BCUT2D eigenvalue weighted by Gasteiger charge is -2.05. The van der Waals surface area contributed by atoms with Crippen molar-refractivity contribution >= 4 is 11.6 Å². The molecule has 88 valence electrons. The van der Waals surface area contributed by atoms with Crippen LogP contribution in [-0.4, -0.2) is 19.7 Å². The number of hydrogen-bond acceptors (Lipinski definition) is 5. The molecule has 0 saturated heterocycles. The van der Waals surface area contributed by atoms with Crippen LogP contribution in [-0.2, 0) is 7.05 Å². The topological polar surface area (TPSA) is 69.9 Å². The third-order valence-corrected chi connectivity index (χ3v) is 2.12. The van der Waals surface area contributed by atoms with E-state index in [9.17, 15) is 4.79 Å². The normalized spacial score (nSPS) is 10.3. The maximum atomic E-state index is 11.1. The Labute approximate surface area is 102 Å². The largest absolute Gasteiger partial charge is 0.419 e. The summed E-state index contributed by atoms with van der Waals surface area (Å²) < 4.78 is 6.54. The second-order valence-corrected chi connectivity index (χ2v) is 3.69. The Bertz CT molecular complexity index is 591. The summed E-state index contributed by atoms with van der Waals surface area (Å²) in [5.41, 5.74) is 0.471. The molecule has 6 nitrogen and oxygen atoms in total. The van der Waals surface area contributed by atoms with E-state index in [2.05, 4.69) is 15.1 Å². The van der Waals surface area contributed by atoms with Crippen LogP contribution in [0.1, 0.15) is 5.69 Å². The quantitative estimate of drug-likeness (QED) is 0.754. The fraction of sp³-hybridized carbons (Fsp3) is 0.200. The van der Waals surface area contributed by atoms with Crippen molar-refractivity contribution in [3.05, 3.63) is 39.5 Å². The first-order valence-corrected chi connectivity index (χ1v) is 5.16. The summed E-state index contributed by atoms with van der Waals surface area (Å²) in [6.07, 6.45) is 0. The lowest BCUT2D eigenvalue weighted by Crippen LogP contribution is -2.17. The molecule has 0 unspecified atom stereocenters. The first kappa shape index (κ1) is 11.5. The van der Waals surface area contributed by atoms with Crippen molar-refractivity contribution in [1.29, 1.82) is 0 Å². The Kier molecular flexibility index (Phi) is 3.06. The lowest BCUT2D eigenvalue weighted by molar-refractivity contribution is 0.423. The molecular weight excluding hydrogens is 244 g/mol. The Morgan fingerprint density at radius 1 is 1.29 bits per heavy atom. The smallest absolute Gasteiger partial charge is 0.266 e. The predicted octanol–water partition coefficient (Wildman–Crippen LogP) is 1.32. The second-order valence-electron chi connectivity index (χ2n) is 3.35. The molecule has 0 aromatic carbocycles. The predicted molar refractivity (Wildman–Crippen MR) is 61.3 cm³/mol. The minimum atomic E-state index is -0.214. The average molecular weight is 253 g/mol. The van der Waals surface area contributed by atoms with Crippen molar-refractivity contribution in [3.8, 4) is 11.8 Å². The minimum absolute atomic E-state index is 0.102. The molecule has 0 spiro atoms. The molecule has 0 saturated carbocycles. The molecular formula is C10H9ClN4O2. The standard InChI is InChI=1S/C10H9ClN4O2/c1-6-5-8(13-10(11)12-6)17-7-3-4-9(16)15(2)14-7/h3-5H,1-2H3. The van der Waals surface area contributed by atoms with E-state index in [0.717, 1.165) is 0 Å². The zero-order valence-electron chi connectivity index (χ0n) is 9.22. The minimum Gasteiger partial charge on any atom is -0.419 e. The van der Waals surface area contributed by atoms with E-state index in [1.54, 1.807) is 13.0 Å². The van der Waals surface area contributed by atoms with Crippen LogP contribution in [0.3, 0.4) is 0 Å². The molecule has 2 rings (SSSR count). The highest BCUT2D eigenvalue weighted by molar-refractivity contribution is 6.28. The number of hydrogen-bond donors (Lipinski definition) is 0. The molecule has 0 N–H and O–H groups in total. The van der Waals surface area contributed by atoms with Gasteiger partial charge in [0.05, 0.1) is 0 Å². The maximum Gasteiger partial charge on any atom is 0.266 e. The van der Waals surface area contributed by atoms with Crippen LogP contribution in [0, 0.1) is 6.92 Å². The maximum absolute atomic E-state index is 11.1. The van der Waals surface area contributed by atoms with Crippen LogP contribution in [0.25, 0.3) is 0 Å². The van der Waals surface area contributed by atoms with E-state index in [1.807, 2.05) is 0 Å². The van der Waals surface area contributed by atoms with E-state index in [0.29, 0.717) is 5.69 Å². The number of aryl methyl sites for hydroxylation is 2. The summed E-state index contributed by atoms with van der Waals surface area (Å²) >= 11 is 5.70. The fourth-order valence-electron chi connectivity index (χ4n) is 1.20. The molecule has 7 heteroatoms. The summed E-state index contributed by atoms with van der Waals surface area (Å²) in [6.45, 7) is 1.77. The average Bonchev–Trinajstić information content (AvgIpc) is 2.22. The summed E-state index contributed by atoms with van der Waals surface area (Å²) in [5.74, 6) is 0.551. The van der Waals surface area contributed by atoms with Gasteiger partial charge in [0, 0.05) is 30.9 Å². The summed E-state index contributed by atoms with van der Waals surface area (Å²) in [7, 11) is 1.54. The zero-order chi connectivity index (χ0) is 12.4. The number of aromatic nitrogens is 4. The van der Waals surface area contributed by atoms with Crippen molar-refractivity contribution in [3.63, 3.8) is 0 Å². The van der Waals surface area contributed by atoms with Crippen LogP contribution in [0.2, 0.25) is 5.28 Å². The van der Waals surface area contributed by atoms with Crippen molar-refractivity contribution in [2.24, 2.45) is 7.05 Å². The molecule has 0 aliphatic rings.